The number of aryl methyl sites for hydroxylation is 1. The molecule has 0 atom stereocenters. The highest BCUT2D eigenvalue weighted by atomic mass is 32.2. The molecule has 0 saturated heterocycles. The van der Waals surface area contributed by atoms with Gasteiger partial charge in [-0.1, -0.05) is 6.07 Å². The lowest BCUT2D eigenvalue weighted by molar-refractivity contribution is 0.601. The second-order valence-corrected chi connectivity index (χ2v) is 6.14. The van der Waals surface area contributed by atoms with E-state index in [9.17, 15) is 12.8 Å². The second-order valence-electron chi connectivity index (χ2n) is 4.46. The van der Waals surface area contributed by atoms with Crippen LogP contribution >= 0.6 is 0 Å². The first-order chi connectivity index (χ1) is 9.83. The molecule has 108 valence electrons. The van der Waals surface area contributed by atoms with E-state index in [1.807, 2.05) is 0 Å². The van der Waals surface area contributed by atoms with Crippen molar-refractivity contribution in [2.45, 2.75) is 11.8 Å². The van der Waals surface area contributed by atoms with E-state index in [0.29, 0.717) is 11.3 Å². The lowest BCUT2D eigenvalue weighted by Gasteiger charge is -2.11. The van der Waals surface area contributed by atoms with Crippen LogP contribution in [0.25, 0.3) is 0 Å². The summed E-state index contributed by atoms with van der Waals surface area (Å²) in [6.45, 7) is 1.71. The number of anilines is 2. The molecule has 3 N–H and O–H groups in total. The zero-order chi connectivity index (χ0) is 15.6. The van der Waals surface area contributed by atoms with Gasteiger partial charge < -0.3 is 5.73 Å². The van der Waals surface area contributed by atoms with E-state index in [2.05, 4.69) is 4.72 Å². The Kier molecular flexibility index (Phi) is 3.82. The Morgan fingerprint density at radius 2 is 2.00 bits per heavy atom. The maximum atomic E-state index is 13.5. The molecule has 2 rings (SSSR count). The summed E-state index contributed by atoms with van der Waals surface area (Å²) in [6.07, 6.45) is 0. The quantitative estimate of drug-likeness (QED) is 0.851. The van der Waals surface area contributed by atoms with E-state index in [-0.39, 0.29) is 16.1 Å². The van der Waals surface area contributed by atoms with Crippen LogP contribution < -0.4 is 10.5 Å². The maximum absolute atomic E-state index is 13.5. The third kappa shape index (κ3) is 3.12. The molecule has 0 spiro atoms. The highest BCUT2D eigenvalue weighted by Gasteiger charge is 2.18. The van der Waals surface area contributed by atoms with Crippen molar-refractivity contribution in [3.63, 3.8) is 0 Å². The number of rotatable bonds is 3. The zero-order valence-corrected chi connectivity index (χ0v) is 11.9. The van der Waals surface area contributed by atoms with Crippen molar-refractivity contribution in [1.82, 2.24) is 0 Å². The molecular weight excluding hydrogens is 293 g/mol. The van der Waals surface area contributed by atoms with Crippen molar-refractivity contribution < 1.29 is 12.8 Å². The number of nitriles is 1. The van der Waals surface area contributed by atoms with Crippen LogP contribution in [0, 0.1) is 24.1 Å². The Bertz CT molecular complexity index is 822. The van der Waals surface area contributed by atoms with E-state index < -0.39 is 15.8 Å². The van der Waals surface area contributed by atoms with E-state index in [0.717, 1.165) is 6.07 Å². The van der Waals surface area contributed by atoms with Crippen LogP contribution in [0.3, 0.4) is 0 Å². The Morgan fingerprint density at radius 1 is 1.29 bits per heavy atom. The van der Waals surface area contributed by atoms with Gasteiger partial charge in [0.1, 0.15) is 17.4 Å². The van der Waals surface area contributed by atoms with Gasteiger partial charge in [0.05, 0.1) is 10.6 Å². The fraction of sp³-hybridized carbons (Fsp3) is 0.0714. The van der Waals surface area contributed by atoms with Gasteiger partial charge in [0.2, 0.25) is 0 Å². The summed E-state index contributed by atoms with van der Waals surface area (Å²) >= 11 is 0. The summed E-state index contributed by atoms with van der Waals surface area (Å²) in [6, 6.07) is 9.71. The molecule has 0 radical (unpaired) electrons. The minimum Gasteiger partial charge on any atom is -0.399 e. The Hall–Kier alpha value is -2.59. The van der Waals surface area contributed by atoms with Crippen LogP contribution in [-0.2, 0) is 10.0 Å². The van der Waals surface area contributed by atoms with Crippen LogP contribution in [0.1, 0.15) is 11.1 Å². The molecule has 0 heterocycles. The fourth-order valence-electron chi connectivity index (χ4n) is 1.86. The summed E-state index contributed by atoms with van der Waals surface area (Å²) in [5.74, 6) is -0.790. The summed E-state index contributed by atoms with van der Waals surface area (Å²) < 4.78 is 40.3. The second kappa shape index (κ2) is 5.42. The monoisotopic (exact) mass is 305 g/mol. The third-order valence-electron chi connectivity index (χ3n) is 2.75. The predicted octanol–water partition coefficient (Wildman–Crippen LogP) is 2.39. The Morgan fingerprint density at radius 3 is 2.62 bits per heavy atom. The van der Waals surface area contributed by atoms with E-state index in [1.165, 1.54) is 24.3 Å². The van der Waals surface area contributed by atoms with Crippen LogP contribution in [0.4, 0.5) is 15.8 Å². The third-order valence-corrected chi connectivity index (χ3v) is 4.10. The van der Waals surface area contributed by atoms with Gasteiger partial charge in [-0.3, -0.25) is 4.72 Å². The number of nitrogens with zero attached hydrogens (tertiary/aromatic N) is 1. The minimum absolute atomic E-state index is 0.0480. The summed E-state index contributed by atoms with van der Waals surface area (Å²) in [5.41, 5.74) is 6.13. The molecule has 2 aromatic rings. The number of nitrogen functional groups attached to an aromatic ring is 1. The summed E-state index contributed by atoms with van der Waals surface area (Å²) in [7, 11) is -3.96. The number of nitrogens with one attached hydrogen (secondary N) is 1. The first kappa shape index (κ1) is 14.8. The first-order valence-corrected chi connectivity index (χ1v) is 7.40. The molecule has 0 amide bonds. The molecule has 0 aromatic heterocycles. The highest BCUT2D eigenvalue weighted by Crippen LogP contribution is 2.23. The van der Waals surface area contributed by atoms with Crippen molar-refractivity contribution in [2.75, 3.05) is 10.5 Å². The van der Waals surface area contributed by atoms with Gasteiger partial charge in [0.15, 0.2) is 0 Å². The van der Waals surface area contributed by atoms with Gasteiger partial charge in [-0.05, 0) is 42.8 Å². The van der Waals surface area contributed by atoms with Gasteiger partial charge in [-0.15, -0.1) is 0 Å². The lowest BCUT2D eigenvalue weighted by Crippen LogP contribution is -2.14. The van der Waals surface area contributed by atoms with Crippen LogP contribution in [-0.4, -0.2) is 8.42 Å². The number of benzene rings is 2. The topological polar surface area (TPSA) is 96.0 Å². The summed E-state index contributed by atoms with van der Waals surface area (Å²) in [4.78, 5) is -0.0480. The predicted molar refractivity (Wildman–Crippen MR) is 77.5 cm³/mol. The molecular formula is C14H12FN3O2S. The molecule has 21 heavy (non-hydrogen) atoms. The van der Waals surface area contributed by atoms with Gasteiger partial charge in [-0.25, -0.2) is 12.8 Å². The molecule has 2 aromatic carbocycles. The van der Waals surface area contributed by atoms with Crippen molar-refractivity contribution in [3.8, 4) is 6.07 Å². The maximum Gasteiger partial charge on any atom is 0.262 e. The smallest absolute Gasteiger partial charge is 0.262 e. The number of nitrogens with two attached hydrogens (primary N) is 1. The molecule has 0 aliphatic carbocycles. The molecule has 5 nitrogen and oxygen atoms in total. The van der Waals surface area contributed by atoms with E-state index >= 15 is 0 Å². The van der Waals surface area contributed by atoms with Crippen LogP contribution in [0.2, 0.25) is 0 Å². The summed E-state index contributed by atoms with van der Waals surface area (Å²) in [5, 5.41) is 8.91. The van der Waals surface area contributed by atoms with E-state index in [4.69, 9.17) is 11.0 Å². The molecule has 0 aliphatic rings. The van der Waals surface area contributed by atoms with Crippen molar-refractivity contribution in [2.24, 2.45) is 0 Å². The normalized spacial score (nSPS) is 10.9. The fourth-order valence-corrected chi connectivity index (χ4v) is 3.07. The number of sulfonamides is 1. The van der Waals surface area contributed by atoms with Crippen LogP contribution in [0.15, 0.2) is 41.3 Å². The molecule has 0 saturated carbocycles. The SMILES string of the molecule is Cc1cc(N)cc(S(=O)(=O)Nc2cccc(F)c2C#N)c1. The van der Waals surface area contributed by atoms with E-state index in [1.54, 1.807) is 19.1 Å². The zero-order valence-electron chi connectivity index (χ0n) is 11.1. The average molecular weight is 305 g/mol. The first-order valence-electron chi connectivity index (χ1n) is 5.92. The van der Waals surface area contributed by atoms with Crippen molar-refractivity contribution in [1.29, 1.82) is 5.26 Å². The Labute approximate surface area is 121 Å². The van der Waals surface area contributed by atoms with Gasteiger partial charge in [-0.2, -0.15) is 5.26 Å². The average Bonchev–Trinajstić information content (AvgIpc) is 2.37. The number of hydrogen-bond acceptors (Lipinski definition) is 4. The number of hydrogen-bond donors (Lipinski definition) is 2. The molecule has 0 bridgehead atoms. The van der Waals surface area contributed by atoms with Crippen molar-refractivity contribution >= 4 is 21.4 Å². The van der Waals surface area contributed by atoms with Gasteiger partial charge >= 0.3 is 0 Å². The standard InChI is InChI=1S/C14H12FN3O2S/c1-9-5-10(17)7-11(6-9)21(19,20)18-14-4-2-3-13(15)12(14)8-16/h2-7,18H,17H2,1H3. The molecule has 0 unspecified atom stereocenters. The van der Waals surface area contributed by atoms with Crippen molar-refractivity contribution in [3.05, 3.63) is 53.3 Å². The van der Waals surface area contributed by atoms with Crippen LogP contribution in [0.5, 0.6) is 0 Å². The largest absolute Gasteiger partial charge is 0.399 e. The highest BCUT2D eigenvalue weighted by molar-refractivity contribution is 7.92. The molecule has 0 aliphatic heterocycles. The molecule has 7 heteroatoms. The van der Waals surface area contributed by atoms with Gasteiger partial charge in [0, 0.05) is 5.69 Å². The molecule has 0 fully saturated rings. The number of halogens is 1. The van der Waals surface area contributed by atoms with Gasteiger partial charge in [0.25, 0.3) is 10.0 Å². The lowest BCUT2D eigenvalue weighted by atomic mass is 10.2. The Balaban J connectivity index is 2.48. The minimum atomic E-state index is -3.96.